The van der Waals surface area contributed by atoms with E-state index in [-0.39, 0.29) is 40.7 Å². The molecule has 1 saturated carbocycles. The van der Waals surface area contributed by atoms with Crippen LogP contribution in [0.2, 0.25) is 0 Å². The minimum atomic E-state index is -0.862. The van der Waals surface area contributed by atoms with Crippen molar-refractivity contribution in [2.24, 2.45) is 0 Å². The van der Waals surface area contributed by atoms with E-state index in [1.807, 2.05) is 19.0 Å². The molecule has 0 bridgehead atoms. The Labute approximate surface area is 198 Å². The standard InChI is InChI=1S/C25H30N2O7/c1-16-15-20(28)23(24(29)33-14-8-13-26(2)3)22(18-11-6-7-12-19(18)27(31)32)21(16)25(30)34-17-9-4-5-10-17/h6-7,11-12,15,17,28H,4-5,8-10,13-14H2,1-3H3. The van der Waals surface area contributed by atoms with E-state index >= 15 is 0 Å². The van der Waals surface area contributed by atoms with E-state index in [9.17, 15) is 24.8 Å². The van der Waals surface area contributed by atoms with Gasteiger partial charge < -0.3 is 19.5 Å². The zero-order valence-corrected chi connectivity index (χ0v) is 19.7. The van der Waals surface area contributed by atoms with Crippen molar-refractivity contribution in [1.82, 2.24) is 4.90 Å². The molecule has 0 spiro atoms. The number of nitro groups is 1. The van der Waals surface area contributed by atoms with Gasteiger partial charge in [0.25, 0.3) is 5.69 Å². The number of aromatic hydroxyl groups is 1. The maximum Gasteiger partial charge on any atom is 0.342 e. The number of phenolic OH excluding ortho intramolecular Hbond substituents is 1. The summed E-state index contributed by atoms with van der Waals surface area (Å²) in [5, 5.41) is 22.5. The number of esters is 2. The molecular formula is C25H30N2O7. The number of benzene rings is 2. The minimum Gasteiger partial charge on any atom is -0.507 e. The van der Waals surface area contributed by atoms with Crippen LogP contribution in [0, 0.1) is 17.0 Å². The number of phenols is 1. The smallest absolute Gasteiger partial charge is 0.342 e. The fourth-order valence-electron chi connectivity index (χ4n) is 4.22. The van der Waals surface area contributed by atoms with E-state index in [0.717, 1.165) is 25.7 Å². The highest BCUT2D eigenvalue weighted by Crippen LogP contribution is 2.41. The lowest BCUT2D eigenvalue weighted by Crippen LogP contribution is -2.20. The predicted molar refractivity (Wildman–Crippen MR) is 126 cm³/mol. The van der Waals surface area contributed by atoms with Crippen LogP contribution in [0.25, 0.3) is 11.1 Å². The Morgan fingerprint density at radius 2 is 1.82 bits per heavy atom. The van der Waals surface area contributed by atoms with E-state index in [1.54, 1.807) is 13.0 Å². The summed E-state index contributed by atoms with van der Waals surface area (Å²) in [6, 6.07) is 7.08. The van der Waals surface area contributed by atoms with Gasteiger partial charge in [0, 0.05) is 18.2 Å². The molecule has 1 aliphatic carbocycles. The van der Waals surface area contributed by atoms with Gasteiger partial charge in [-0.05, 0) is 70.8 Å². The molecule has 3 rings (SSSR count). The second kappa shape index (κ2) is 11.1. The van der Waals surface area contributed by atoms with Gasteiger partial charge in [0.15, 0.2) is 0 Å². The van der Waals surface area contributed by atoms with Gasteiger partial charge in [0.2, 0.25) is 0 Å². The molecule has 0 radical (unpaired) electrons. The number of nitrogens with zero attached hydrogens (tertiary/aromatic N) is 2. The van der Waals surface area contributed by atoms with E-state index < -0.39 is 22.6 Å². The van der Waals surface area contributed by atoms with E-state index in [1.165, 1.54) is 24.3 Å². The summed E-state index contributed by atoms with van der Waals surface area (Å²) in [7, 11) is 3.78. The number of hydrogen-bond donors (Lipinski definition) is 1. The average molecular weight is 471 g/mol. The predicted octanol–water partition coefficient (Wildman–Crippen LogP) is 4.48. The van der Waals surface area contributed by atoms with Gasteiger partial charge in [-0.15, -0.1) is 0 Å². The maximum atomic E-state index is 13.3. The van der Waals surface area contributed by atoms with Crippen LogP contribution in [-0.4, -0.2) is 60.2 Å². The van der Waals surface area contributed by atoms with Crippen LogP contribution in [0.4, 0.5) is 5.69 Å². The van der Waals surface area contributed by atoms with Crippen LogP contribution in [-0.2, 0) is 9.47 Å². The van der Waals surface area contributed by atoms with Crippen LogP contribution >= 0.6 is 0 Å². The van der Waals surface area contributed by atoms with Crippen LogP contribution < -0.4 is 0 Å². The lowest BCUT2D eigenvalue weighted by atomic mass is 9.89. The fourth-order valence-corrected chi connectivity index (χ4v) is 4.22. The summed E-state index contributed by atoms with van der Waals surface area (Å²) in [6.07, 6.45) is 3.69. The third-order valence-corrected chi connectivity index (χ3v) is 5.84. The molecule has 0 aliphatic heterocycles. The summed E-state index contributed by atoms with van der Waals surface area (Å²) in [5.74, 6) is -1.96. The number of carbonyl (C=O) groups excluding carboxylic acids is 2. The lowest BCUT2D eigenvalue weighted by molar-refractivity contribution is -0.384. The Kier molecular flexibility index (Phi) is 8.22. The molecule has 0 unspecified atom stereocenters. The number of para-hydroxylation sites is 1. The molecule has 2 aromatic carbocycles. The Morgan fingerprint density at radius 3 is 2.47 bits per heavy atom. The van der Waals surface area contributed by atoms with Gasteiger partial charge in [-0.2, -0.15) is 0 Å². The monoisotopic (exact) mass is 470 g/mol. The van der Waals surface area contributed by atoms with Crippen molar-refractivity contribution in [3.63, 3.8) is 0 Å². The molecule has 0 aromatic heterocycles. The Hall–Kier alpha value is -3.46. The Bertz CT molecular complexity index is 1080. The molecule has 9 heteroatoms. The highest BCUT2D eigenvalue weighted by atomic mass is 16.6. The summed E-state index contributed by atoms with van der Waals surface area (Å²) in [6.45, 7) is 2.36. The number of carbonyl (C=O) groups is 2. The van der Waals surface area contributed by atoms with Gasteiger partial charge >= 0.3 is 11.9 Å². The second-order valence-corrected chi connectivity index (χ2v) is 8.72. The van der Waals surface area contributed by atoms with Crippen molar-refractivity contribution < 1.29 is 29.1 Å². The molecule has 1 aliphatic rings. The summed E-state index contributed by atoms with van der Waals surface area (Å²) in [4.78, 5) is 39.5. The second-order valence-electron chi connectivity index (χ2n) is 8.72. The average Bonchev–Trinajstić information content (AvgIpc) is 3.28. The first-order chi connectivity index (χ1) is 16.2. The Balaban J connectivity index is 2.13. The quantitative estimate of drug-likeness (QED) is 0.246. The largest absolute Gasteiger partial charge is 0.507 e. The molecule has 9 nitrogen and oxygen atoms in total. The van der Waals surface area contributed by atoms with Crippen molar-refractivity contribution in [3.8, 4) is 16.9 Å². The first kappa shape index (κ1) is 25.2. The topological polar surface area (TPSA) is 119 Å². The highest BCUT2D eigenvalue weighted by molar-refractivity contribution is 6.09. The first-order valence-electron chi connectivity index (χ1n) is 11.3. The van der Waals surface area contributed by atoms with Gasteiger partial charge in [-0.3, -0.25) is 10.1 Å². The lowest BCUT2D eigenvalue weighted by Gasteiger charge is -2.19. The normalized spacial score (nSPS) is 13.8. The van der Waals surface area contributed by atoms with E-state index in [4.69, 9.17) is 9.47 Å². The Morgan fingerprint density at radius 1 is 1.15 bits per heavy atom. The van der Waals surface area contributed by atoms with Crippen LogP contribution in [0.3, 0.4) is 0 Å². The van der Waals surface area contributed by atoms with Gasteiger partial charge in [0.05, 0.1) is 22.7 Å². The van der Waals surface area contributed by atoms with Crippen molar-refractivity contribution in [2.75, 3.05) is 27.2 Å². The molecule has 182 valence electrons. The van der Waals surface area contributed by atoms with E-state index in [2.05, 4.69) is 0 Å². The number of nitro benzene ring substituents is 1. The first-order valence-corrected chi connectivity index (χ1v) is 11.3. The van der Waals surface area contributed by atoms with Crippen LogP contribution in [0.1, 0.15) is 58.4 Å². The molecule has 0 atom stereocenters. The van der Waals surface area contributed by atoms with E-state index in [0.29, 0.717) is 18.5 Å². The number of hydrogen-bond acceptors (Lipinski definition) is 8. The molecule has 0 amide bonds. The van der Waals surface area contributed by atoms with Gasteiger partial charge in [-0.25, -0.2) is 9.59 Å². The zero-order chi connectivity index (χ0) is 24.8. The number of ether oxygens (including phenoxy) is 2. The van der Waals surface area contributed by atoms with Crippen molar-refractivity contribution in [3.05, 3.63) is 57.1 Å². The molecule has 0 saturated heterocycles. The van der Waals surface area contributed by atoms with Crippen molar-refractivity contribution >= 4 is 17.6 Å². The van der Waals surface area contributed by atoms with Crippen LogP contribution in [0.5, 0.6) is 5.75 Å². The molecule has 0 heterocycles. The molecule has 34 heavy (non-hydrogen) atoms. The number of rotatable bonds is 9. The highest BCUT2D eigenvalue weighted by Gasteiger charge is 2.32. The summed E-state index contributed by atoms with van der Waals surface area (Å²) >= 11 is 0. The SMILES string of the molecule is Cc1cc(O)c(C(=O)OCCCN(C)C)c(-c2ccccc2[N+](=O)[O-])c1C(=O)OC1CCCC1. The third kappa shape index (κ3) is 5.72. The summed E-state index contributed by atoms with van der Waals surface area (Å²) < 4.78 is 11.1. The molecular weight excluding hydrogens is 440 g/mol. The maximum absolute atomic E-state index is 13.3. The van der Waals surface area contributed by atoms with Crippen LogP contribution in [0.15, 0.2) is 30.3 Å². The molecule has 2 aromatic rings. The van der Waals surface area contributed by atoms with Crippen molar-refractivity contribution in [2.45, 2.75) is 45.1 Å². The summed E-state index contributed by atoms with van der Waals surface area (Å²) in [5.41, 5.74) is -0.250. The fraction of sp³-hybridized carbons (Fsp3) is 0.440. The van der Waals surface area contributed by atoms with Crippen molar-refractivity contribution in [1.29, 1.82) is 0 Å². The number of aryl methyl sites for hydroxylation is 1. The van der Waals surface area contributed by atoms with Gasteiger partial charge in [-0.1, -0.05) is 12.1 Å². The minimum absolute atomic E-state index is 0.0132. The molecule has 1 fully saturated rings. The van der Waals surface area contributed by atoms with Gasteiger partial charge in [0.1, 0.15) is 17.4 Å². The molecule has 1 N–H and O–H groups in total. The third-order valence-electron chi connectivity index (χ3n) is 5.84. The zero-order valence-electron chi connectivity index (χ0n) is 19.7.